The van der Waals surface area contributed by atoms with Crippen molar-refractivity contribution in [2.45, 2.75) is 57.4 Å². The molecular formula is C27H32FN3O4S. The summed E-state index contributed by atoms with van der Waals surface area (Å²) >= 11 is 1.28. The molecule has 0 N–H and O–H groups in total. The Morgan fingerprint density at radius 2 is 2.00 bits per heavy atom. The van der Waals surface area contributed by atoms with E-state index in [4.69, 9.17) is 4.74 Å². The second kappa shape index (κ2) is 12.0. The van der Waals surface area contributed by atoms with Crippen molar-refractivity contribution in [3.8, 4) is 0 Å². The fourth-order valence-corrected chi connectivity index (χ4v) is 5.52. The number of hydrogen-bond donors (Lipinski definition) is 0. The van der Waals surface area contributed by atoms with E-state index in [0.717, 1.165) is 18.4 Å². The van der Waals surface area contributed by atoms with Crippen LogP contribution < -0.4 is 0 Å². The highest BCUT2D eigenvalue weighted by molar-refractivity contribution is 8.14. The monoisotopic (exact) mass is 513 g/mol. The van der Waals surface area contributed by atoms with Crippen molar-refractivity contribution >= 4 is 34.7 Å². The van der Waals surface area contributed by atoms with Gasteiger partial charge in [-0.25, -0.2) is 4.39 Å². The van der Waals surface area contributed by atoms with Gasteiger partial charge in [0, 0.05) is 42.9 Å². The van der Waals surface area contributed by atoms with Crippen LogP contribution in [0.5, 0.6) is 0 Å². The first-order chi connectivity index (χ1) is 17.4. The lowest BCUT2D eigenvalue weighted by molar-refractivity contribution is -0.143. The van der Waals surface area contributed by atoms with Crippen LogP contribution in [0.2, 0.25) is 0 Å². The van der Waals surface area contributed by atoms with Crippen LogP contribution in [0.4, 0.5) is 4.39 Å². The van der Waals surface area contributed by atoms with Gasteiger partial charge >= 0.3 is 5.97 Å². The average Bonchev–Trinajstić information content (AvgIpc) is 3.60. The van der Waals surface area contributed by atoms with Crippen molar-refractivity contribution in [3.05, 3.63) is 59.2 Å². The topological polar surface area (TPSA) is 81.5 Å². The maximum Gasteiger partial charge on any atom is 0.307 e. The maximum atomic E-state index is 14.8. The lowest BCUT2D eigenvalue weighted by atomic mass is 9.93. The molecule has 2 fully saturated rings. The molecule has 9 heteroatoms. The molecule has 1 unspecified atom stereocenters. The number of aryl methyl sites for hydroxylation is 1. The lowest BCUT2D eigenvalue weighted by Gasteiger charge is -2.38. The Kier molecular flexibility index (Phi) is 8.74. The SMILES string of the molecule is CCOC(=O)CCn1ccc(/C=C2\CN(C(C(=O)C3CC3)c3ccccc3F)CC[C@H]2SC(C)=O)n1. The van der Waals surface area contributed by atoms with Crippen LogP contribution in [0, 0.1) is 11.7 Å². The highest BCUT2D eigenvalue weighted by Crippen LogP contribution is 2.40. The number of thioether (sulfide) groups is 1. The molecule has 0 amide bonds. The summed E-state index contributed by atoms with van der Waals surface area (Å²) in [7, 11) is 0. The van der Waals surface area contributed by atoms with E-state index >= 15 is 0 Å². The Morgan fingerprint density at radius 1 is 1.22 bits per heavy atom. The number of nitrogens with zero attached hydrogens (tertiary/aromatic N) is 3. The molecule has 1 aliphatic carbocycles. The van der Waals surface area contributed by atoms with Crippen molar-refractivity contribution in [2.24, 2.45) is 5.92 Å². The molecule has 1 saturated heterocycles. The molecule has 192 valence electrons. The number of carbonyl (C=O) groups is 3. The highest BCUT2D eigenvalue weighted by Gasteiger charge is 2.41. The first-order valence-corrected chi connectivity index (χ1v) is 13.3. The number of likely N-dealkylation sites (tertiary alicyclic amines) is 1. The lowest BCUT2D eigenvalue weighted by Crippen LogP contribution is -2.43. The predicted octanol–water partition coefficient (Wildman–Crippen LogP) is 4.43. The van der Waals surface area contributed by atoms with Crippen LogP contribution in [-0.2, 0) is 25.7 Å². The number of hydrogen-bond acceptors (Lipinski definition) is 7. The highest BCUT2D eigenvalue weighted by atomic mass is 32.2. The number of benzene rings is 1. The van der Waals surface area contributed by atoms with E-state index in [1.54, 1.807) is 42.9 Å². The molecule has 1 aliphatic heterocycles. The van der Waals surface area contributed by atoms with E-state index in [9.17, 15) is 18.8 Å². The largest absolute Gasteiger partial charge is 0.466 e. The number of ether oxygens (including phenoxy) is 1. The van der Waals surface area contributed by atoms with Crippen LogP contribution in [0.3, 0.4) is 0 Å². The van der Waals surface area contributed by atoms with E-state index < -0.39 is 6.04 Å². The van der Waals surface area contributed by atoms with Gasteiger partial charge in [0.15, 0.2) is 10.9 Å². The molecule has 2 aliphatic rings. The van der Waals surface area contributed by atoms with Gasteiger partial charge in [0.05, 0.1) is 31.3 Å². The smallest absolute Gasteiger partial charge is 0.307 e. The minimum Gasteiger partial charge on any atom is -0.466 e. The molecule has 2 heterocycles. The molecule has 4 rings (SSSR count). The third kappa shape index (κ3) is 6.70. The second-order valence-corrected chi connectivity index (χ2v) is 10.6. The number of piperidine rings is 1. The quantitative estimate of drug-likeness (QED) is 0.435. The molecule has 0 bridgehead atoms. The van der Waals surface area contributed by atoms with Gasteiger partial charge in [-0.05, 0) is 50.0 Å². The van der Waals surface area contributed by atoms with Gasteiger partial charge in [-0.3, -0.25) is 24.0 Å². The Balaban J connectivity index is 1.57. The number of rotatable bonds is 10. The number of carbonyl (C=O) groups excluding carboxylic acids is 3. The van der Waals surface area contributed by atoms with Gasteiger partial charge in [-0.15, -0.1) is 0 Å². The summed E-state index contributed by atoms with van der Waals surface area (Å²) in [5, 5.41) is 4.54. The van der Waals surface area contributed by atoms with Gasteiger partial charge in [-0.1, -0.05) is 30.0 Å². The Labute approximate surface area is 215 Å². The number of esters is 1. The van der Waals surface area contributed by atoms with Crippen LogP contribution in [0.1, 0.15) is 56.8 Å². The Morgan fingerprint density at radius 3 is 2.69 bits per heavy atom. The summed E-state index contributed by atoms with van der Waals surface area (Å²) in [6.07, 6.45) is 6.36. The first kappa shape index (κ1) is 26.3. The van der Waals surface area contributed by atoms with Gasteiger partial charge < -0.3 is 4.74 Å². The summed E-state index contributed by atoms with van der Waals surface area (Å²) in [6.45, 7) is 5.11. The zero-order chi connectivity index (χ0) is 25.7. The van der Waals surface area contributed by atoms with Crippen molar-refractivity contribution in [2.75, 3.05) is 19.7 Å². The zero-order valence-electron chi connectivity index (χ0n) is 20.7. The fourth-order valence-electron chi connectivity index (χ4n) is 4.60. The molecule has 0 spiro atoms. The zero-order valence-corrected chi connectivity index (χ0v) is 21.5. The molecule has 2 atom stereocenters. The number of ketones is 1. The number of halogens is 1. The third-order valence-electron chi connectivity index (χ3n) is 6.45. The molecular weight excluding hydrogens is 481 g/mol. The van der Waals surface area contributed by atoms with Crippen molar-refractivity contribution in [3.63, 3.8) is 0 Å². The van der Waals surface area contributed by atoms with Gasteiger partial charge in [-0.2, -0.15) is 5.10 Å². The average molecular weight is 514 g/mol. The van der Waals surface area contributed by atoms with Crippen LogP contribution >= 0.6 is 11.8 Å². The molecule has 1 aromatic carbocycles. The van der Waals surface area contributed by atoms with Gasteiger partial charge in [0.2, 0.25) is 0 Å². The van der Waals surface area contributed by atoms with E-state index in [2.05, 4.69) is 5.10 Å². The summed E-state index contributed by atoms with van der Waals surface area (Å²) in [4.78, 5) is 39.0. The normalized spacial score (nSPS) is 20.3. The predicted molar refractivity (Wildman–Crippen MR) is 137 cm³/mol. The van der Waals surface area contributed by atoms with Gasteiger partial charge in [0.25, 0.3) is 0 Å². The maximum absolute atomic E-state index is 14.8. The summed E-state index contributed by atoms with van der Waals surface area (Å²) < 4.78 is 21.5. The third-order valence-corrected chi connectivity index (χ3v) is 7.60. The molecule has 0 radical (unpaired) electrons. The summed E-state index contributed by atoms with van der Waals surface area (Å²) in [5.41, 5.74) is 2.09. The number of Topliss-reactive ketones (excluding diaryl/α,β-unsaturated/α-hetero) is 1. The summed E-state index contributed by atoms with van der Waals surface area (Å²) in [6, 6.07) is 7.72. The van der Waals surface area contributed by atoms with Crippen LogP contribution in [0.15, 0.2) is 42.1 Å². The first-order valence-electron chi connectivity index (χ1n) is 12.4. The Hall–Kier alpha value is -2.78. The molecule has 2 aromatic rings. The van der Waals surface area contributed by atoms with E-state index in [0.29, 0.717) is 43.9 Å². The molecule has 1 saturated carbocycles. The molecule has 36 heavy (non-hydrogen) atoms. The van der Waals surface area contributed by atoms with Crippen LogP contribution in [0.25, 0.3) is 6.08 Å². The van der Waals surface area contributed by atoms with Crippen molar-refractivity contribution in [1.82, 2.24) is 14.7 Å². The summed E-state index contributed by atoms with van der Waals surface area (Å²) in [5.74, 6) is -0.585. The van der Waals surface area contributed by atoms with Crippen LogP contribution in [-0.4, -0.2) is 56.5 Å². The standard InChI is InChI=1S/C27H32FN3O4S/c1-3-35-25(33)12-15-31-14-10-21(29-31)16-20-17-30(13-11-24(20)36-18(2)32)26(27(34)19-8-9-19)22-6-4-5-7-23(22)28/h4-7,10,14,16,19,24,26H,3,8-9,11-13,15,17H2,1-2H3/b20-16+/t24-,26?/m1/s1. The molecule has 7 nitrogen and oxygen atoms in total. The molecule has 1 aromatic heterocycles. The fraction of sp³-hybridized carbons (Fsp3) is 0.481. The van der Waals surface area contributed by atoms with E-state index in [-0.39, 0.29) is 40.3 Å². The van der Waals surface area contributed by atoms with Crippen molar-refractivity contribution < 1.29 is 23.5 Å². The van der Waals surface area contributed by atoms with Gasteiger partial charge in [0.1, 0.15) is 5.82 Å². The number of aromatic nitrogens is 2. The minimum atomic E-state index is -0.646. The second-order valence-electron chi connectivity index (χ2n) is 9.24. The van der Waals surface area contributed by atoms with Crippen molar-refractivity contribution in [1.29, 1.82) is 0 Å². The van der Waals surface area contributed by atoms with E-state index in [1.165, 1.54) is 17.8 Å². The van der Waals surface area contributed by atoms with E-state index in [1.807, 2.05) is 17.0 Å². The Bertz CT molecular complexity index is 1140. The minimum absolute atomic E-state index is 0.0125.